The van der Waals surface area contributed by atoms with Gasteiger partial charge in [-0.25, -0.2) is 4.90 Å². The number of ether oxygens (including phenoxy) is 1. The fourth-order valence-electron chi connectivity index (χ4n) is 4.97. The summed E-state index contributed by atoms with van der Waals surface area (Å²) >= 11 is 1.11. The molecule has 8 heteroatoms. The lowest BCUT2D eigenvalue weighted by Crippen LogP contribution is -2.49. The van der Waals surface area contributed by atoms with Gasteiger partial charge in [-0.05, 0) is 32.9 Å². The van der Waals surface area contributed by atoms with E-state index in [1.165, 1.54) is 4.90 Å². The van der Waals surface area contributed by atoms with Crippen molar-refractivity contribution in [2.24, 2.45) is 11.8 Å². The molecule has 2 aromatic rings. The van der Waals surface area contributed by atoms with E-state index in [1.54, 1.807) is 19.1 Å². The molecule has 2 unspecified atom stereocenters. The predicted octanol–water partition coefficient (Wildman–Crippen LogP) is 1.42. The van der Waals surface area contributed by atoms with Gasteiger partial charge in [-0.1, -0.05) is 0 Å². The summed E-state index contributed by atoms with van der Waals surface area (Å²) in [5, 5.41) is 10.4. The Morgan fingerprint density at radius 2 is 1.96 bits per heavy atom. The van der Waals surface area contributed by atoms with Crippen LogP contribution in [0.2, 0.25) is 0 Å². The Morgan fingerprint density at radius 1 is 1.24 bits per heavy atom. The number of nitrogens with zero attached hydrogens (tertiary/aromatic N) is 3. The number of aliphatic hydroxyl groups excluding tert-OH is 1. The normalized spacial score (nSPS) is 39.7. The maximum absolute atomic E-state index is 13.2. The lowest BCUT2D eigenvalue weighted by Gasteiger charge is -2.31. The second-order valence-electron chi connectivity index (χ2n) is 7.63. The van der Waals surface area contributed by atoms with Gasteiger partial charge in [-0.15, -0.1) is 0 Å². The number of aliphatic hydroxyl groups is 1. The van der Waals surface area contributed by atoms with Crippen LogP contribution in [0.5, 0.6) is 0 Å². The average Bonchev–Trinajstić information content (AvgIpc) is 3.22. The molecular formula is C17H17N3O4S. The molecule has 1 N–H and O–H groups in total. The predicted molar refractivity (Wildman–Crippen MR) is 90.1 cm³/mol. The van der Waals surface area contributed by atoms with Crippen molar-refractivity contribution >= 4 is 40.3 Å². The largest absolute Gasteiger partial charge is 0.390 e. The van der Waals surface area contributed by atoms with Crippen molar-refractivity contribution in [3.8, 4) is 0 Å². The van der Waals surface area contributed by atoms with E-state index in [4.69, 9.17) is 4.74 Å². The van der Waals surface area contributed by atoms with Crippen molar-refractivity contribution in [3.63, 3.8) is 0 Å². The second kappa shape index (κ2) is 4.44. The minimum absolute atomic E-state index is 0.251. The molecule has 7 nitrogen and oxygen atoms in total. The Labute approximate surface area is 147 Å². The van der Waals surface area contributed by atoms with Crippen LogP contribution in [0.4, 0.5) is 5.69 Å². The summed E-state index contributed by atoms with van der Waals surface area (Å²) in [6, 6.07) is 3.53. The SMILES string of the molecule is Cc1c(N2C(=O)[C@@H]3[C@H](C2=O)C2(C)OC3(C)C[C@H]2O)ccc2nsnc12. The summed E-state index contributed by atoms with van der Waals surface area (Å²) in [5.41, 5.74) is 0.949. The van der Waals surface area contributed by atoms with E-state index in [2.05, 4.69) is 8.75 Å². The first-order valence-corrected chi connectivity index (χ1v) is 8.99. The Morgan fingerprint density at radius 3 is 2.72 bits per heavy atom. The fourth-order valence-corrected chi connectivity index (χ4v) is 5.56. The molecule has 0 saturated carbocycles. The van der Waals surface area contributed by atoms with Crippen LogP contribution in [0.25, 0.3) is 11.0 Å². The molecule has 25 heavy (non-hydrogen) atoms. The Balaban J connectivity index is 1.66. The van der Waals surface area contributed by atoms with E-state index in [0.29, 0.717) is 17.6 Å². The van der Waals surface area contributed by atoms with Crippen molar-refractivity contribution in [2.75, 3.05) is 4.90 Å². The summed E-state index contributed by atoms with van der Waals surface area (Å²) in [7, 11) is 0. The molecule has 0 radical (unpaired) electrons. The molecule has 130 valence electrons. The highest BCUT2D eigenvalue weighted by molar-refractivity contribution is 7.00. The number of carbonyl (C=O) groups is 2. The molecule has 0 spiro atoms. The van der Waals surface area contributed by atoms with Gasteiger partial charge in [0.25, 0.3) is 0 Å². The average molecular weight is 359 g/mol. The number of carbonyl (C=O) groups excluding carboxylic acids is 2. The molecule has 3 fully saturated rings. The van der Waals surface area contributed by atoms with Crippen molar-refractivity contribution in [1.82, 2.24) is 8.75 Å². The summed E-state index contributed by atoms with van der Waals surface area (Å²) in [5.74, 6) is -1.76. The first-order valence-electron chi connectivity index (χ1n) is 8.26. The number of amides is 2. The molecule has 0 aliphatic carbocycles. The number of rotatable bonds is 1. The first-order chi connectivity index (χ1) is 11.8. The minimum atomic E-state index is -1.01. The number of imide groups is 1. The molecule has 1 aromatic heterocycles. The Bertz CT molecular complexity index is 959. The van der Waals surface area contributed by atoms with Crippen molar-refractivity contribution in [1.29, 1.82) is 0 Å². The quantitative estimate of drug-likeness (QED) is 0.774. The van der Waals surface area contributed by atoms with Crippen LogP contribution in [0.1, 0.15) is 25.8 Å². The molecule has 4 heterocycles. The van der Waals surface area contributed by atoms with Crippen molar-refractivity contribution < 1.29 is 19.4 Å². The number of hydrogen-bond donors (Lipinski definition) is 1. The molecule has 5 atom stereocenters. The maximum Gasteiger partial charge on any atom is 0.240 e. The highest BCUT2D eigenvalue weighted by Gasteiger charge is 2.75. The van der Waals surface area contributed by atoms with Crippen LogP contribution in [-0.4, -0.2) is 43.0 Å². The summed E-state index contributed by atoms with van der Waals surface area (Å²) in [4.78, 5) is 27.6. The van der Waals surface area contributed by atoms with E-state index >= 15 is 0 Å². The smallest absolute Gasteiger partial charge is 0.240 e. The van der Waals surface area contributed by atoms with Crippen LogP contribution < -0.4 is 4.90 Å². The molecule has 2 amide bonds. The van der Waals surface area contributed by atoms with Gasteiger partial charge in [0, 0.05) is 12.0 Å². The van der Waals surface area contributed by atoms with E-state index in [0.717, 1.165) is 22.8 Å². The lowest BCUT2D eigenvalue weighted by atomic mass is 9.67. The van der Waals surface area contributed by atoms with Crippen LogP contribution in [0.15, 0.2) is 12.1 Å². The van der Waals surface area contributed by atoms with Gasteiger partial charge in [-0.2, -0.15) is 8.75 Å². The molecular weight excluding hydrogens is 342 g/mol. The van der Waals surface area contributed by atoms with Crippen LogP contribution in [-0.2, 0) is 14.3 Å². The molecule has 2 bridgehead atoms. The monoisotopic (exact) mass is 359 g/mol. The zero-order valence-corrected chi connectivity index (χ0v) is 14.8. The van der Waals surface area contributed by atoms with E-state index in [-0.39, 0.29) is 11.8 Å². The molecule has 3 aliphatic rings. The zero-order chi connectivity index (χ0) is 17.7. The maximum atomic E-state index is 13.2. The Kier molecular flexibility index (Phi) is 2.73. The van der Waals surface area contributed by atoms with Gasteiger partial charge >= 0.3 is 0 Å². The fraction of sp³-hybridized carbons (Fsp3) is 0.529. The number of aryl methyl sites for hydroxylation is 1. The van der Waals surface area contributed by atoms with E-state index in [1.807, 2.05) is 13.8 Å². The Hall–Kier alpha value is -1.90. The zero-order valence-electron chi connectivity index (χ0n) is 14.0. The lowest BCUT2D eigenvalue weighted by molar-refractivity contribution is -0.132. The summed E-state index contributed by atoms with van der Waals surface area (Å²) < 4.78 is 14.5. The summed E-state index contributed by atoms with van der Waals surface area (Å²) in [6.07, 6.45) is -0.382. The standard InChI is InChI=1S/C17H17N3O4S/c1-7-9(5-4-8-13(7)19-25-18-8)20-14(22)11-12(15(20)23)17(3)10(21)6-16(11,2)24-17/h4-5,10-12,21H,6H2,1-3H3/t10-,11+,12-,16?,17?/m1/s1. The topological polar surface area (TPSA) is 92.6 Å². The highest BCUT2D eigenvalue weighted by atomic mass is 32.1. The van der Waals surface area contributed by atoms with Gasteiger partial charge in [0.15, 0.2) is 0 Å². The van der Waals surface area contributed by atoms with E-state index < -0.39 is 29.1 Å². The van der Waals surface area contributed by atoms with Gasteiger partial charge in [0.05, 0.1) is 41.0 Å². The number of fused-ring (bicyclic) bond motifs is 6. The third kappa shape index (κ3) is 1.63. The van der Waals surface area contributed by atoms with Gasteiger partial charge < -0.3 is 9.84 Å². The summed E-state index contributed by atoms with van der Waals surface area (Å²) in [6.45, 7) is 5.40. The van der Waals surface area contributed by atoms with Gasteiger partial charge in [0.1, 0.15) is 16.6 Å². The van der Waals surface area contributed by atoms with Crippen LogP contribution in [0, 0.1) is 18.8 Å². The van der Waals surface area contributed by atoms with Crippen LogP contribution >= 0.6 is 11.7 Å². The number of benzene rings is 1. The van der Waals surface area contributed by atoms with Crippen LogP contribution in [0.3, 0.4) is 0 Å². The van der Waals surface area contributed by atoms with E-state index in [9.17, 15) is 14.7 Å². The van der Waals surface area contributed by atoms with Gasteiger partial charge in [0.2, 0.25) is 11.8 Å². The number of anilines is 1. The second-order valence-corrected chi connectivity index (χ2v) is 8.16. The minimum Gasteiger partial charge on any atom is -0.390 e. The number of hydrogen-bond acceptors (Lipinski definition) is 7. The first kappa shape index (κ1) is 15.4. The molecule has 5 rings (SSSR count). The number of aromatic nitrogens is 2. The van der Waals surface area contributed by atoms with Crippen molar-refractivity contribution in [3.05, 3.63) is 17.7 Å². The molecule has 1 aromatic carbocycles. The van der Waals surface area contributed by atoms with Gasteiger partial charge in [-0.3, -0.25) is 9.59 Å². The highest BCUT2D eigenvalue weighted by Crippen LogP contribution is 2.61. The third-order valence-corrected chi connectivity index (χ3v) is 6.73. The van der Waals surface area contributed by atoms with Crippen molar-refractivity contribution in [2.45, 2.75) is 44.5 Å². The molecule has 3 saturated heterocycles. The molecule has 3 aliphatic heterocycles. The third-order valence-electron chi connectivity index (χ3n) is 6.19.